The summed E-state index contributed by atoms with van der Waals surface area (Å²) in [7, 11) is 0. The lowest BCUT2D eigenvalue weighted by Gasteiger charge is -2.46. The minimum absolute atomic E-state index is 0.00255. The fraction of sp³-hybridized carbons (Fsp3) is 0.562. The monoisotopic (exact) mass is 275 g/mol. The van der Waals surface area contributed by atoms with Crippen molar-refractivity contribution < 1.29 is 4.39 Å². The van der Waals surface area contributed by atoms with Gasteiger partial charge in [-0.05, 0) is 55.4 Å². The molecule has 0 saturated heterocycles. The van der Waals surface area contributed by atoms with Gasteiger partial charge in [0.2, 0.25) is 0 Å². The first-order valence-corrected chi connectivity index (χ1v) is 7.28. The van der Waals surface area contributed by atoms with E-state index in [2.05, 4.69) is 23.7 Å². The van der Waals surface area contributed by atoms with Crippen LogP contribution in [0.5, 0.6) is 0 Å². The van der Waals surface area contributed by atoms with E-state index in [1.165, 1.54) is 25.0 Å². The molecular weight excluding hydrogens is 253 g/mol. The van der Waals surface area contributed by atoms with E-state index >= 15 is 0 Å². The largest absolute Gasteiger partial charge is 0.369 e. The summed E-state index contributed by atoms with van der Waals surface area (Å²) in [4.78, 5) is 6.59. The number of aliphatic imine (C=N–C) groups is 1. The molecule has 0 amide bonds. The first kappa shape index (κ1) is 13.4. The van der Waals surface area contributed by atoms with Gasteiger partial charge >= 0.3 is 0 Å². The molecule has 20 heavy (non-hydrogen) atoms. The van der Waals surface area contributed by atoms with Crippen LogP contribution in [-0.2, 0) is 0 Å². The summed E-state index contributed by atoms with van der Waals surface area (Å²) in [5.74, 6) is 0.346. The number of hydrogen-bond donors (Lipinski definition) is 1. The van der Waals surface area contributed by atoms with Crippen molar-refractivity contribution in [2.75, 3.05) is 11.4 Å². The molecule has 1 fully saturated rings. The van der Waals surface area contributed by atoms with Gasteiger partial charge in [-0.1, -0.05) is 13.8 Å². The van der Waals surface area contributed by atoms with Crippen LogP contribution < -0.4 is 10.6 Å². The normalized spacial score (nSPS) is 23.9. The Morgan fingerprint density at radius 3 is 2.30 bits per heavy atom. The zero-order chi connectivity index (χ0) is 14.4. The summed E-state index contributed by atoms with van der Waals surface area (Å²) >= 11 is 0. The average Bonchev–Trinajstić information content (AvgIpc) is 2.73. The van der Waals surface area contributed by atoms with Gasteiger partial charge in [-0.3, -0.25) is 4.99 Å². The molecule has 2 aliphatic rings. The number of guanidine groups is 1. The van der Waals surface area contributed by atoms with Crippen LogP contribution in [0.4, 0.5) is 10.1 Å². The quantitative estimate of drug-likeness (QED) is 0.854. The maximum absolute atomic E-state index is 13.1. The van der Waals surface area contributed by atoms with Gasteiger partial charge in [0.05, 0.1) is 12.1 Å². The summed E-state index contributed by atoms with van der Waals surface area (Å²) in [6, 6.07) is 6.57. The number of benzene rings is 1. The second kappa shape index (κ2) is 4.47. The number of nitrogens with zero attached hydrogens (tertiary/aromatic N) is 2. The Labute approximate surface area is 119 Å². The van der Waals surface area contributed by atoms with Gasteiger partial charge in [0, 0.05) is 5.69 Å². The maximum atomic E-state index is 13.1. The Bertz CT molecular complexity index is 523. The third-order valence-corrected chi connectivity index (χ3v) is 4.86. The van der Waals surface area contributed by atoms with E-state index in [1.54, 1.807) is 12.1 Å². The molecule has 1 heterocycles. The molecule has 0 unspecified atom stereocenters. The zero-order valence-electron chi connectivity index (χ0n) is 12.2. The van der Waals surface area contributed by atoms with Crippen LogP contribution >= 0.6 is 0 Å². The smallest absolute Gasteiger partial charge is 0.196 e. The van der Waals surface area contributed by atoms with Gasteiger partial charge in [0.15, 0.2) is 5.96 Å². The van der Waals surface area contributed by atoms with Crippen molar-refractivity contribution in [3.63, 3.8) is 0 Å². The van der Waals surface area contributed by atoms with E-state index in [0.717, 1.165) is 25.1 Å². The van der Waals surface area contributed by atoms with Crippen LogP contribution in [0.2, 0.25) is 0 Å². The van der Waals surface area contributed by atoms with Crippen LogP contribution in [0, 0.1) is 11.2 Å². The molecule has 2 N–H and O–H groups in total. The molecule has 0 radical (unpaired) electrons. The standard InChI is InChI=1S/C16H22FN3/c1-15(2)7-9-16(10-8-15)11-19-14(18)20(16)13-5-3-12(17)4-6-13/h3-6H,7-11H2,1-2H3,(H2,18,19). The molecule has 4 heteroatoms. The predicted octanol–water partition coefficient (Wildman–Crippen LogP) is 3.30. The lowest BCUT2D eigenvalue weighted by Crippen LogP contribution is -2.54. The van der Waals surface area contributed by atoms with Crippen molar-refractivity contribution in [3.05, 3.63) is 30.1 Å². The van der Waals surface area contributed by atoms with Gasteiger partial charge in [0.1, 0.15) is 5.82 Å². The highest BCUT2D eigenvalue weighted by atomic mass is 19.1. The molecular formula is C16H22FN3. The third-order valence-electron chi connectivity index (χ3n) is 4.86. The molecule has 0 atom stereocenters. The first-order valence-electron chi connectivity index (χ1n) is 7.28. The molecule has 1 spiro atoms. The third kappa shape index (κ3) is 2.17. The number of nitrogens with two attached hydrogens (primary N) is 1. The van der Waals surface area contributed by atoms with E-state index < -0.39 is 0 Å². The summed E-state index contributed by atoms with van der Waals surface area (Å²) in [5, 5.41) is 0. The molecule has 3 nitrogen and oxygen atoms in total. The van der Waals surface area contributed by atoms with E-state index in [-0.39, 0.29) is 11.4 Å². The van der Waals surface area contributed by atoms with Crippen molar-refractivity contribution in [2.45, 2.75) is 45.1 Å². The fourth-order valence-corrected chi connectivity index (χ4v) is 3.38. The van der Waals surface area contributed by atoms with Crippen molar-refractivity contribution >= 4 is 11.6 Å². The second-order valence-electron chi connectivity index (χ2n) is 6.87. The molecule has 1 aliphatic heterocycles. The molecule has 0 bridgehead atoms. The lowest BCUT2D eigenvalue weighted by molar-refractivity contribution is 0.176. The second-order valence-corrected chi connectivity index (χ2v) is 6.87. The molecule has 108 valence electrons. The van der Waals surface area contributed by atoms with Crippen molar-refractivity contribution in [1.29, 1.82) is 0 Å². The van der Waals surface area contributed by atoms with Crippen molar-refractivity contribution in [1.82, 2.24) is 0 Å². The van der Waals surface area contributed by atoms with Gasteiger partial charge in [-0.25, -0.2) is 4.39 Å². The molecule has 1 aliphatic carbocycles. The minimum Gasteiger partial charge on any atom is -0.369 e. The Hall–Kier alpha value is -1.58. The lowest BCUT2D eigenvalue weighted by atomic mass is 9.69. The Balaban J connectivity index is 1.91. The van der Waals surface area contributed by atoms with Crippen LogP contribution in [0.3, 0.4) is 0 Å². The highest BCUT2D eigenvalue weighted by molar-refractivity contribution is 5.98. The molecule has 0 aromatic heterocycles. The summed E-state index contributed by atoms with van der Waals surface area (Å²) in [6.07, 6.45) is 4.52. The molecule has 1 aromatic carbocycles. The van der Waals surface area contributed by atoms with Gasteiger partial charge < -0.3 is 10.6 Å². The summed E-state index contributed by atoms with van der Waals surface area (Å²) in [5.41, 5.74) is 7.45. The van der Waals surface area contributed by atoms with Crippen LogP contribution in [-0.4, -0.2) is 18.0 Å². The number of rotatable bonds is 1. The van der Waals surface area contributed by atoms with E-state index in [1.807, 2.05) is 0 Å². The summed E-state index contributed by atoms with van der Waals surface area (Å²) in [6.45, 7) is 5.40. The van der Waals surface area contributed by atoms with E-state index in [9.17, 15) is 4.39 Å². The highest BCUT2D eigenvalue weighted by Crippen LogP contribution is 2.46. The highest BCUT2D eigenvalue weighted by Gasteiger charge is 2.46. The van der Waals surface area contributed by atoms with Crippen molar-refractivity contribution in [3.8, 4) is 0 Å². The number of hydrogen-bond acceptors (Lipinski definition) is 3. The molecule has 1 aromatic rings. The maximum Gasteiger partial charge on any atom is 0.196 e. The predicted molar refractivity (Wildman–Crippen MR) is 80.3 cm³/mol. The Kier molecular flexibility index (Phi) is 3.00. The Morgan fingerprint density at radius 2 is 1.70 bits per heavy atom. The first-order chi connectivity index (χ1) is 9.42. The topological polar surface area (TPSA) is 41.6 Å². The number of halogens is 1. The van der Waals surface area contributed by atoms with Crippen LogP contribution in [0.1, 0.15) is 39.5 Å². The van der Waals surface area contributed by atoms with Gasteiger partial charge in [0.25, 0.3) is 0 Å². The number of anilines is 1. The van der Waals surface area contributed by atoms with Gasteiger partial charge in [-0.15, -0.1) is 0 Å². The Morgan fingerprint density at radius 1 is 1.10 bits per heavy atom. The van der Waals surface area contributed by atoms with E-state index in [4.69, 9.17) is 5.73 Å². The van der Waals surface area contributed by atoms with E-state index in [0.29, 0.717) is 11.4 Å². The SMILES string of the molecule is CC1(C)CCC2(CC1)CN=C(N)N2c1ccc(F)cc1. The molecule has 1 saturated carbocycles. The van der Waals surface area contributed by atoms with Gasteiger partial charge in [-0.2, -0.15) is 0 Å². The summed E-state index contributed by atoms with van der Waals surface area (Å²) < 4.78 is 13.1. The molecule has 3 rings (SSSR count). The minimum atomic E-state index is -0.220. The van der Waals surface area contributed by atoms with Crippen molar-refractivity contribution in [2.24, 2.45) is 16.1 Å². The zero-order valence-corrected chi connectivity index (χ0v) is 12.2. The average molecular weight is 275 g/mol. The fourth-order valence-electron chi connectivity index (χ4n) is 3.38. The van der Waals surface area contributed by atoms with Crippen LogP contribution in [0.25, 0.3) is 0 Å². The van der Waals surface area contributed by atoms with Crippen LogP contribution in [0.15, 0.2) is 29.3 Å².